The summed E-state index contributed by atoms with van der Waals surface area (Å²) in [6.45, 7) is 2.00. The lowest BCUT2D eigenvalue weighted by molar-refractivity contribution is 0.0290. The van der Waals surface area contributed by atoms with Crippen LogP contribution in [0.25, 0.3) is 0 Å². The van der Waals surface area contributed by atoms with E-state index in [1.165, 1.54) is 4.90 Å². The van der Waals surface area contributed by atoms with Crippen LogP contribution < -0.4 is 9.80 Å². The number of aliphatic hydroxyl groups is 1. The number of amides is 2. The Kier molecular flexibility index (Phi) is 6.12. The number of urea groups is 1. The van der Waals surface area contributed by atoms with Crippen molar-refractivity contribution in [2.45, 2.75) is 31.5 Å². The quantitative estimate of drug-likeness (QED) is 0.478. The molecule has 2 amide bonds. The molecule has 2 atom stereocenters. The summed E-state index contributed by atoms with van der Waals surface area (Å²) in [6.07, 6.45) is 1.27. The van der Waals surface area contributed by atoms with Crippen molar-refractivity contribution < 1.29 is 9.90 Å². The molecule has 1 heterocycles. The van der Waals surface area contributed by atoms with Gasteiger partial charge in [-0.1, -0.05) is 48.7 Å². The van der Waals surface area contributed by atoms with E-state index < -0.39 is 11.8 Å². The molecule has 0 radical (unpaired) electrons. The third-order valence-electron chi connectivity index (χ3n) is 5.68. The van der Waals surface area contributed by atoms with Crippen LogP contribution in [0.1, 0.15) is 30.9 Å². The molecule has 1 aliphatic rings. The predicted octanol–water partition coefficient (Wildman–Crippen LogP) is 6.33. The average Bonchev–Trinajstić information content (AvgIpc) is 3.03. The fraction of sp³-hybridized carbons (Fsp3) is 0.200. The van der Waals surface area contributed by atoms with Crippen LogP contribution >= 0.6 is 23.2 Å². The van der Waals surface area contributed by atoms with Crippen LogP contribution in [0.4, 0.5) is 16.2 Å². The summed E-state index contributed by atoms with van der Waals surface area (Å²) >= 11 is 12.1. The van der Waals surface area contributed by atoms with E-state index in [9.17, 15) is 15.2 Å². The molecule has 0 saturated carbocycles. The van der Waals surface area contributed by atoms with Crippen molar-refractivity contribution in [3.05, 3.63) is 94.0 Å². The second-order valence-electron chi connectivity index (χ2n) is 7.66. The van der Waals surface area contributed by atoms with Crippen LogP contribution in [0.5, 0.6) is 0 Å². The van der Waals surface area contributed by atoms with Crippen molar-refractivity contribution in [2.24, 2.45) is 0 Å². The van der Waals surface area contributed by atoms with Crippen LogP contribution in [0.3, 0.4) is 0 Å². The Morgan fingerprint density at radius 1 is 1.00 bits per heavy atom. The monoisotopic (exact) mass is 465 g/mol. The molecule has 0 spiro atoms. The largest absolute Gasteiger partial charge is 0.365 e. The fourth-order valence-electron chi connectivity index (χ4n) is 4.25. The molecule has 4 rings (SSSR count). The Morgan fingerprint density at radius 2 is 1.59 bits per heavy atom. The molecule has 3 aromatic rings. The molecular formula is C25H21Cl2N3O2. The Balaban J connectivity index is 1.96. The summed E-state index contributed by atoms with van der Waals surface area (Å²) in [7, 11) is 0. The average molecular weight is 466 g/mol. The summed E-state index contributed by atoms with van der Waals surface area (Å²) in [5.41, 5.74) is 0.285. The van der Waals surface area contributed by atoms with E-state index in [2.05, 4.69) is 6.07 Å². The van der Waals surface area contributed by atoms with Gasteiger partial charge in [0.1, 0.15) is 0 Å². The molecule has 1 unspecified atom stereocenters. The van der Waals surface area contributed by atoms with Crippen LogP contribution in [0.15, 0.2) is 72.8 Å². The van der Waals surface area contributed by atoms with E-state index in [1.54, 1.807) is 77.7 Å². The number of halogens is 2. The standard InChI is InChI=1S/C25H21Cl2N3O2/c1-2-4-23-25(32,18-6-3-5-17(15-18)16-28)30(22-13-9-20(27)10-14-22)24(31)29(23)21-11-7-19(26)8-12-21/h3,5-15,23,32H,2,4H2,1H3/t23-,25?/m0/s1. The Labute approximate surface area is 197 Å². The molecule has 0 aliphatic carbocycles. The molecule has 1 aliphatic heterocycles. The normalized spacial score (nSPS) is 20.5. The van der Waals surface area contributed by atoms with E-state index in [0.717, 1.165) is 6.42 Å². The molecular weight excluding hydrogens is 445 g/mol. The molecule has 32 heavy (non-hydrogen) atoms. The number of carbonyl (C=O) groups is 1. The molecule has 1 fully saturated rings. The van der Waals surface area contributed by atoms with Gasteiger partial charge in [0.15, 0.2) is 5.72 Å². The van der Waals surface area contributed by atoms with Gasteiger partial charge in [-0.15, -0.1) is 0 Å². The van der Waals surface area contributed by atoms with Gasteiger partial charge in [0.2, 0.25) is 0 Å². The first kappa shape index (κ1) is 22.2. The van der Waals surface area contributed by atoms with Gasteiger partial charge in [0.25, 0.3) is 0 Å². The molecule has 1 saturated heterocycles. The van der Waals surface area contributed by atoms with E-state index in [-0.39, 0.29) is 6.03 Å². The minimum absolute atomic E-state index is 0.377. The van der Waals surface area contributed by atoms with Gasteiger partial charge in [-0.2, -0.15) is 5.26 Å². The summed E-state index contributed by atoms with van der Waals surface area (Å²) in [6, 6.07) is 21.6. The third kappa shape index (κ3) is 3.71. The maximum atomic E-state index is 13.9. The zero-order valence-electron chi connectivity index (χ0n) is 17.4. The van der Waals surface area contributed by atoms with Gasteiger partial charge >= 0.3 is 6.03 Å². The number of hydrogen-bond donors (Lipinski definition) is 1. The lowest BCUT2D eigenvalue weighted by Crippen LogP contribution is -2.49. The number of carbonyl (C=O) groups excluding carboxylic acids is 1. The topological polar surface area (TPSA) is 67.6 Å². The zero-order chi connectivity index (χ0) is 22.9. The highest BCUT2D eigenvalue weighted by Gasteiger charge is 2.58. The van der Waals surface area contributed by atoms with Gasteiger partial charge in [-0.3, -0.25) is 9.80 Å². The molecule has 1 N–H and O–H groups in total. The summed E-state index contributed by atoms with van der Waals surface area (Å²) in [5.74, 6) is 0. The number of anilines is 2. The first-order valence-corrected chi connectivity index (χ1v) is 11.0. The number of benzene rings is 3. The SMILES string of the molecule is CCC[C@@H]1N(c2ccc(Cl)cc2)C(=O)N(c2ccc(Cl)cc2)C1(O)c1cccc(C#N)c1. The van der Waals surface area contributed by atoms with Gasteiger partial charge < -0.3 is 5.11 Å². The highest BCUT2D eigenvalue weighted by molar-refractivity contribution is 6.31. The number of nitrogens with zero attached hydrogens (tertiary/aromatic N) is 3. The second-order valence-corrected chi connectivity index (χ2v) is 8.54. The lowest BCUT2D eigenvalue weighted by Gasteiger charge is -2.37. The third-order valence-corrected chi connectivity index (χ3v) is 6.19. The van der Waals surface area contributed by atoms with Gasteiger partial charge in [-0.25, -0.2) is 4.79 Å². The maximum Gasteiger partial charge on any atom is 0.332 e. The Bertz CT molecular complexity index is 1180. The summed E-state index contributed by atoms with van der Waals surface area (Å²) in [5, 5.41) is 22.8. The molecule has 7 heteroatoms. The van der Waals surface area contributed by atoms with Crippen LogP contribution in [-0.2, 0) is 5.72 Å². The minimum atomic E-state index is -1.71. The highest BCUT2D eigenvalue weighted by Crippen LogP contribution is 2.46. The smallest absolute Gasteiger partial charge is 0.332 e. The fourth-order valence-corrected chi connectivity index (χ4v) is 4.50. The van der Waals surface area contributed by atoms with E-state index >= 15 is 0 Å². The van der Waals surface area contributed by atoms with Crippen LogP contribution in [-0.4, -0.2) is 17.2 Å². The van der Waals surface area contributed by atoms with Crippen molar-refractivity contribution in [3.8, 4) is 6.07 Å². The summed E-state index contributed by atoms with van der Waals surface area (Å²) in [4.78, 5) is 16.9. The van der Waals surface area contributed by atoms with Gasteiger partial charge in [-0.05, 0) is 67.1 Å². The Morgan fingerprint density at radius 3 is 2.16 bits per heavy atom. The Hall–Kier alpha value is -3.04. The van der Waals surface area contributed by atoms with Crippen LogP contribution in [0.2, 0.25) is 10.0 Å². The van der Waals surface area contributed by atoms with E-state index in [0.29, 0.717) is 39.0 Å². The number of rotatable bonds is 5. The number of hydrogen-bond acceptors (Lipinski definition) is 3. The minimum Gasteiger partial charge on any atom is -0.365 e. The zero-order valence-corrected chi connectivity index (χ0v) is 18.9. The summed E-state index contributed by atoms with van der Waals surface area (Å²) < 4.78 is 0. The van der Waals surface area contributed by atoms with Gasteiger partial charge in [0.05, 0.1) is 17.7 Å². The van der Waals surface area contributed by atoms with Crippen molar-refractivity contribution in [1.82, 2.24) is 0 Å². The van der Waals surface area contributed by atoms with E-state index in [4.69, 9.17) is 23.2 Å². The van der Waals surface area contributed by atoms with Crippen molar-refractivity contribution in [1.29, 1.82) is 5.26 Å². The van der Waals surface area contributed by atoms with Crippen LogP contribution in [0, 0.1) is 11.3 Å². The molecule has 162 valence electrons. The molecule has 5 nitrogen and oxygen atoms in total. The maximum absolute atomic E-state index is 13.9. The first-order chi connectivity index (χ1) is 15.4. The van der Waals surface area contributed by atoms with Crippen molar-refractivity contribution >= 4 is 40.6 Å². The molecule has 3 aromatic carbocycles. The second kappa shape index (κ2) is 8.84. The first-order valence-electron chi connectivity index (χ1n) is 10.3. The molecule has 0 bridgehead atoms. The molecule has 0 aromatic heterocycles. The lowest BCUT2D eigenvalue weighted by atomic mass is 9.89. The number of nitriles is 1. The van der Waals surface area contributed by atoms with Gasteiger partial charge in [0, 0.05) is 27.0 Å². The van der Waals surface area contributed by atoms with Crippen molar-refractivity contribution in [3.63, 3.8) is 0 Å². The highest BCUT2D eigenvalue weighted by atomic mass is 35.5. The van der Waals surface area contributed by atoms with E-state index in [1.807, 2.05) is 6.92 Å². The van der Waals surface area contributed by atoms with Crippen molar-refractivity contribution in [2.75, 3.05) is 9.80 Å². The predicted molar refractivity (Wildman–Crippen MR) is 127 cm³/mol.